The van der Waals surface area contributed by atoms with Crippen LogP contribution in [0.25, 0.3) is 0 Å². The second kappa shape index (κ2) is 8.25. The van der Waals surface area contributed by atoms with Gasteiger partial charge >= 0.3 is 0 Å². The molecule has 28 heavy (non-hydrogen) atoms. The van der Waals surface area contributed by atoms with Crippen molar-refractivity contribution in [1.82, 2.24) is 5.43 Å². The smallest absolute Gasteiger partial charge is 0.280 e. The van der Waals surface area contributed by atoms with Gasteiger partial charge < -0.3 is 10.1 Å². The summed E-state index contributed by atoms with van der Waals surface area (Å²) in [4.78, 5) is 23.8. The van der Waals surface area contributed by atoms with Crippen LogP contribution in [0, 0.1) is 13.8 Å². The predicted molar refractivity (Wildman–Crippen MR) is 110 cm³/mol. The molecule has 0 spiro atoms. The van der Waals surface area contributed by atoms with E-state index in [0.29, 0.717) is 24.3 Å². The van der Waals surface area contributed by atoms with Gasteiger partial charge in [0, 0.05) is 12.1 Å². The Bertz CT molecular complexity index is 950. The maximum atomic E-state index is 12.4. The molecule has 2 N–H and O–H groups in total. The van der Waals surface area contributed by atoms with Gasteiger partial charge in [-0.1, -0.05) is 18.2 Å². The van der Waals surface area contributed by atoms with E-state index in [1.807, 2.05) is 57.2 Å². The number of anilines is 1. The molecule has 0 saturated heterocycles. The molecule has 0 fully saturated rings. The number of hydrogen-bond donors (Lipinski definition) is 2. The van der Waals surface area contributed by atoms with E-state index in [-0.39, 0.29) is 11.8 Å². The highest BCUT2D eigenvalue weighted by Crippen LogP contribution is 2.24. The number of carbonyl (C=O) groups excluding carboxylic acids is 2. The molecule has 146 valence electrons. The van der Waals surface area contributed by atoms with E-state index in [4.69, 9.17) is 4.74 Å². The Hall–Kier alpha value is -3.15. The molecule has 1 aliphatic heterocycles. The number of hydrazone groups is 1. The molecule has 0 aromatic heterocycles. The summed E-state index contributed by atoms with van der Waals surface area (Å²) >= 11 is 0. The minimum Gasteiger partial charge on any atom is -0.481 e. The molecule has 1 heterocycles. The van der Waals surface area contributed by atoms with Crippen LogP contribution < -0.4 is 15.5 Å². The van der Waals surface area contributed by atoms with Gasteiger partial charge in [-0.3, -0.25) is 9.59 Å². The zero-order chi connectivity index (χ0) is 20.3. The molecule has 2 aromatic rings. The van der Waals surface area contributed by atoms with Crippen LogP contribution in [-0.4, -0.2) is 23.6 Å². The van der Waals surface area contributed by atoms with Crippen LogP contribution in [0.5, 0.6) is 5.75 Å². The first kappa shape index (κ1) is 19.6. The van der Waals surface area contributed by atoms with Crippen molar-refractivity contribution in [3.8, 4) is 5.75 Å². The predicted octanol–water partition coefficient (Wildman–Crippen LogP) is 3.50. The van der Waals surface area contributed by atoms with Crippen LogP contribution >= 0.6 is 0 Å². The summed E-state index contributed by atoms with van der Waals surface area (Å²) < 4.78 is 5.79. The number of aryl methyl sites for hydroxylation is 2. The molecule has 0 aliphatic carbocycles. The lowest BCUT2D eigenvalue weighted by Crippen LogP contribution is -2.34. The van der Waals surface area contributed by atoms with E-state index >= 15 is 0 Å². The minimum atomic E-state index is -0.671. The Morgan fingerprint density at radius 1 is 1.21 bits per heavy atom. The molecule has 0 radical (unpaired) electrons. The van der Waals surface area contributed by atoms with Crippen LogP contribution in [0.15, 0.2) is 41.5 Å². The standard InChI is InChI=1S/C22H25N3O3/c1-13-6-5-7-20(14(13)2)28-16(4)22(27)25-24-15(3)17-8-10-19-18(12-17)9-11-21(26)23-19/h5-8,10,12,16H,9,11H2,1-4H3,(H,23,26)(H,25,27). The second-order valence-electron chi connectivity index (χ2n) is 7.05. The molecule has 1 aliphatic rings. The second-order valence-corrected chi connectivity index (χ2v) is 7.05. The highest BCUT2D eigenvalue weighted by Gasteiger charge is 2.17. The molecule has 1 unspecified atom stereocenters. The van der Waals surface area contributed by atoms with Crippen molar-refractivity contribution < 1.29 is 14.3 Å². The van der Waals surface area contributed by atoms with Gasteiger partial charge in [-0.25, -0.2) is 5.43 Å². The number of fused-ring (bicyclic) bond motifs is 1. The lowest BCUT2D eigenvalue weighted by Gasteiger charge is -2.18. The molecule has 2 amide bonds. The molecule has 0 saturated carbocycles. The number of ether oxygens (including phenoxy) is 1. The monoisotopic (exact) mass is 379 g/mol. The Morgan fingerprint density at radius 2 is 2.00 bits per heavy atom. The summed E-state index contributed by atoms with van der Waals surface area (Å²) in [6.07, 6.45) is 0.516. The van der Waals surface area contributed by atoms with Gasteiger partial charge in [0.05, 0.1) is 5.71 Å². The molecule has 3 rings (SSSR count). The van der Waals surface area contributed by atoms with E-state index in [9.17, 15) is 9.59 Å². The van der Waals surface area contributed by atoms with Crippen LogP contribution in [0.1, 0.15) is 42.5 Å². The van der Waals surface area contributed by atoms with Gasteiger partial charge in [-0.2, -0.15) is 5.10 Å². The van der Waals surface area contributed by atoms with Crippen LogP contribution in [0.4, 0.5) is 5.69 Å². The first-order chi connectivity index (χ1) is 13.3. The quantitative estimate of drug-likeness (QED) is 0.616. The molecule has 2 aromatic carbocycles. The Labute approximate surface area is 165 Å². The molecule has 6 nitrogen and oxygen atoms in total. The van der Waals surface area contributed by atoms with E-state index in [1.54, 1.807) is 6.92 Å². The van der Waals surface area contributed by atoms with Crippen LogP contribution in [0.3, 0.4) is 0 Å². The van der Waals surface area contributed by atoms with E-state index < -0.39 is 6.10 Å². The first-order valence-electron chi connectivity index (χ1n) is 9.35. The number of nitrogens with one attached hydrogen (secondary N) is 2. The Balaban J connectivity index is 1.64. The Kier molecular flexibility index (Phi) is 5.78. The largest absolute Gasteiger partial charge is 0.481 e. The zero-order valence-corrected chi connectivity index (χ0v) is 16.6. The zero-order valence-electron chi connectivity index (χ0n) is 16.6. The van der Waals surface area contributed by atoms with Gasteiger partial charge in [0.1, 0.15) is 5.75 Å². The van der Waals surface area contributed by atoms with Gasteiger partial charge in [-0.15, -0.1) is 0 Å². The lowest BCUT2D eigenvalue weighted by atomic mass is 9.99. The van der Waals surface area contributed by atoms with Crippen molar-refractivity contribution >= 4 is 23.2 Å². The van der Waals surface area contributed by atoms with Crippen molar-refractivity contribution in [2.24, 2.45) is 5.10 Å². The number of benzene rings is 2. The summed E-state index contributed by atoms with van der Waals surface area (Å²) in [7, 11) is 0. The maximum absolute atomic E-state index is 12.4. The minimum absolute atomic E-state index is 0.0377. The van der Waals surface area contributed by atoms with Crippen LogP contribution in [0.2, 0.25) is 0 Å². The topological polar surface area (TPSA) is 79.8 Å². The molecular formula is C22H25N3O3. The number of carbonyl (C=O) groups is 2. The van der Waals surface area contributed by atoms with Gasteiger partial charge in [0.15, 0.2) is 6.10 Å². The third kappa shape index (κ3) is 4.39. The molecule has 1 atom stereocenters. The SMILES string of the molecule is CC(=NNC(=O)C(C)Oc1cccc(C)c1C)c1ccc2c(c1)CCC(=O)N2. The normalized spacial score (nSPS) is 14.7. The summed E-state index contributed by atoms with van der Waals surface area (Å²) in [6, 6.07) is 11.5. The third-order valence-corrected chi connectivity index (χ3v) is 4.98. The third-order valence-electron chi connectivity index (χ3n) is 4.98. The van der Waals surface area contributed by atoms with Crippen molar-refractivity contribution in [2.45, 2.75) is 46.6 Å². The van der Waals surface area contributed by atoms with Gasteiger partial charge in [-0.05, 0) is 74.6 Å². The molecular weight excluding hydrogens is 354 g/mol. The van der Waals surface area contributed by atoms with E-state index in [0.717, 1.165) is 27.9 Å². The van der Waals surface area contributed by atoms with Gasteiger partial charge in [0.2, 0.25) is 5.91 Å². The van der Waals surface area contributed by atoms with Crippen molar-refractivity contribution in [3.63, 3.8) is 0 Å². The number of hydrogen-bond acceptors (Lipinski definition) is 4. The summed E-state index contributed by atoms with van der Waals surface area (Å²) in [6.45, 7) is 7.50. The van der Waals surface area contributed by atoms with Crippen molar-refractivity contribution in [1.29, 1.82) is 0 Å². The number of amides is 2. The molecule has 6 heteroatoms. The highest BCUT2D eigenvalue weighted by molar-refractivity contribution is 6.01. The summed E-state index contributed by atoms with van der Waals surface area (Å²) in [5.74, 6) is 0.418. The molecule has 0 bridgehead atoms. The average Bonchev–Trinajstić information content (AvgIpc) is 2.68. The van der Waals surface area contributed by atoms with Crippen molar-refractivity contribution in [2.75, 3.05) is 5.32 Å². The first-order valence-corrected chi connectivity index (χ1v) is 9.35. The van der Waals surface area contributed by atoms with E-state index in [1.165, 1.54) is 0 Å². The number of nitrogens with zero attached hydrogens (tertiary/aromatic N) is 1. The van der Waals surface area contributed by atoms with Gasteiger partial charge in [0.25, 0.3) is 5.91 Å². The number of rotatable bonds is 5. The van der Waals surface area contributed by atoms with Crippen LogP contribution in [-0.2, 0) is 16.0 Å². The average molecular weight is 379 g/mol. The maximum Gasteiger partial charge on any atom is 0.280 e. The van der Waals surface area contributed by atoms with E-state index in [2.05, 4.69) is 15.8 Å². The Morgan fingerprint density at radius 3 is 2.79 bits per heavy atom. The lowest BCUT2D eigenvalue weighted by molar-refractivity contribution is -0.127. The fourth-order valence-corrected chi connectivity index (χ4v) is 3.00. The fraction of sp³-hybridized carbons (Fsp3) is 0.318. The summed E-state index contributed by atoms with van der Waals surface area (Å²) in [5.41, 5.74) is 8.21. The summed E-state index contributed by atoms with van der Waals surface area (Å²) in [5, 5.41) is 7.07. The van der Waals surface area contributed by atoms with Crippen molar-refractivity contribution in [3.05, 3.63) is 58.7 Å². The fourth-order valence-electron chi connectivity index (χ4n) is 3.00. The highest BCUT2D eigenvalue weighted by atomic mass is 16.5.